The van der Waals surface area contributed by atoms with Crippen LogP contribution >= 0.6 is 0 Å². The van der Waals surface area contributed by atoms with Gasteiger partial charge in [0.1, 0.15) is 54.4 Å². The summed E-state index contributed by atoms with van der Waals surface area (Å²) in [5, 5.41) is 32.6. The Labute approximate surface area is 476 Å². The average Bonchev–Trinajstić information content (AvgIpc) is 3.42. The molecule has 0 aliphatic carbocycles. The highest BCUT2D eigenvalue weighted by molar-refractivity contribution is 5.99. The van der Waals surface area contributed by atoms with Gasteiger partial charge in [-0.1, -0.05) is 74.7 Å². The molecule has 28 heteroatoms. The molecule has 0 aromatic heterocycles. The third-order valence-corrected chi connectivity index (χ3v) is 13.7. The predicted octanol–water partition coefficient (Wildman–Crippen LogP) is -2.90. The maximum Gasteiger partial charge on any atom is 0.325 e. The minimum Gasteiger partial charge on any atom is -0.480 e. The van der Waals surface area contributed by atoms with Crippen LogP contribution in [0.25, 0.3) is 0 Å². The van der Waals surface area contributed by atoms with E-state index in [9.17, 15) is 62.6 Å². The number of nitrogens with one attached hydrogen (secondary N) is 9. The van der Waals surface area contributed by atoms with E-state index in [0.717, 1.165) is 0 Å². The van der Waals surface area contributed by atoms with Crippen LogP contribution in [0.2, 0.25) is 0 Å². The van der Waals surface area contributed by atoms with E-state index in [-0.39, 0.29) is 57.5 Å². The van der Waals surface area contributed by atoms with Crippen molar-refractivity contribution in [1.29, 1.82) is 0 Å². The number of carboxylic acid groups (broad SMARTS) is 1. The molecule has 11 amide bonds. The van der Waals surface area contributed by atoms with Crippen LogP contribution in [0, 0.1) is 23.7 Å². The van der Waals surface area contributed by atoms with E-state index < -0.39 is 156 Å². The van der Waals surface area contributed by atoms with Crippen LogP contribution in [0.1, 0.15) is 159 Å². The SMILES string of the molecule is CC[C@H](C)[C@H](NC(=O)[C@H](CCC(N)=O)NC(=O)[C@@H](NC(=O)[C@@H](N)CCCCN)C(C)C)C(=O)N[C@H](C(=O)N[C@@H](CC(N)=O)C(=O)N[C@@H](CCCCN)C(=O)N[C@@H](CCCCN)C(=O)N[C@@H](CC(C)C)C(=O)N[C@@H](C)C(=O)O)[C@@H](C)CC. The van der Waals surface area contributed by atoms with Crippen molar-refractivity contribution in [2.24, 2.45) is 58.1 Å². The Morgan fingerprint density at radius 2 is 0.765 bits per heavy atom. The lowest BCUT2D eigenvalue weighted by molar-refractivity contribution is -0.142. The van der Waals surface area contributed by atoms with Crippen molar-refractivity contribution in [2.75, 3.05) is 19.6 Å². The lowest BCUT2D eigenvalue weighted by Gasteiger charge is -2.31. The van der Waals surface area contributed by atoms with Crippen LogP contribution in [0.5, 0.6) is 0 Å². The molecule has 0 radical (unpaired) electrons. The highest BCUT2D eigenvalue weighted by atomic mass is 16.4. The number of hydrogen-bond donors (Lipinski definition) is 16. The first kappa shape index (κ1) is 74.5. The molecule has 22 N–H and O–H groups in total. The van der Waals surface area contributed by atoms with Gasteiger partial charge in [-0.05, 0) is 114 Å². The molecule has 0 aromatic rings. The zero-order valence-corrected chi connectivity index (χ0v) is 49.1. The third kappa shape index (κ3) is 29.2. The Hall–Kier alpha value is -6.52. The van der Waals surface area contributed by atoms with Gasteiger partial charge >= 0.3 is 5.97 Å². The summed E-state index contributed by atoms with van der Waals surface area (Å²) in [4.78, 5) is 161. The first-order chi connectivity index (χ1) is 38.0. The molecule has 0 spiro atoms. The predicted molar refractivity (Wildman–Crippen MR) is 303 cm³/mol. The summed E-state index contributed by atoms with van der Waals surface area (Å²) in [6.07, 6.45) is 2.34. The second-order valence-electron chi connectivity index (χ2n) is 21.6. The largest absolute Gasteiger partial charge is 0.480 e. The lowest BCUT2D eigenvalue weighted by atomic mass is 9.94. The molecular formula is C53H99N15O13. The van der Waals surface area contributed by atoms with Gasteiger partial charge in [-0.2, -0.15) is 0 Å². The van der Waals surface area contributed by atoms with E-state index in [0.29, 0.717) is 57.9 Å². The fraction of sp³-hybridized carbons (Fsp3) is 0.774. The van der Waals surface area contributed by atoms with E-state index in [2.05, 4.69) is 47.9 Å². The van der Waals surface area contributed by atoms with Crippen molar-refractivity contribution in [3.8, 4) is 0 Å². The molecule has 0 bridgehead atoms. The number of carbonyl (C=O) groups is 12. The standard InChI is InChI=1S/C53H99N15O13/c1-10-30(7)42(68-52(79)43(31(8)11-2)67-47(74)36(21-22-39(58)69)63-50(77)41(29(5)6)66-44(71)33(57)18-12-15-23-54)51(78)65-38(27-40(59)70)49(76)62-34(19-13-16-24-55)45(72)61-35(20-14-17-25-56)46(73)64-37(26-28(3)4)48(75)60-32(9)53(80)81/h28-38,41-43H,10-27,54-57H2,1-9H3,(H2,58,69)(H2,59,70)(H,60,75)(H,61,72)(H,62,76)(H,63,77)(H,64,73)(H,65,78)(H,66,71)(H,67,74)(H,68,79)(H,80,81)/t30-,31-,32-,33-,34-,35-,36-,37-,38-,41-,42-,43-/m0/s1. The van der Waals surface area contributed by atoms with E-state index in [4.69, 9.17) is 34.4 Å². The number of aliphatic carboxylic acids is 1. The molecule has 464 valence electrons. The van der Waals surface area contributed by atoms with Gasteiger partial charge < -0.3 is 87.4 Å². The van der Waals surface area contributed by atoms with Crippen molar-refractivity contribution >= 4 is 70.9 Å². The van der Waals surface area contributed by atoms with Gasteiger partial charge in [-0.15, -0.1) is 0 Å². The fourth-order valence-corrected chi connectivity index (χ4v) is 8.24. The van der Waals surface area contributed by atoms with Crippen molar-refractivity contribution in [1.82, 2.24) is 47.9 Å². The third-order valence-electron chi connectivity index (χ3n) is 13.7. The summed E-state index contributed by atoms with van der Waals surface area (Å²) in [6, 6.07) is -13.2. The van der Waals surface area contributed by atoms with Gasteiger partial charge in [0.2, 0.25) is 65.0 Å². The molecule has 0 unspecified atom stereocenters. The highest BCUT2D eigenvalue weighted by Gasteiger charge is 2.38. The number of primary amides is 2. The normalized spacial score (nSPS) is 15.7. The monoisotopic (exact) mass is 1150 g/mol. The topological polar surface area (TPSA) is 489 Å². The van der Waals surface area contributed by atoms with Gasteiger partial charge in [-0.3, -0.25) is 57.5 Å². The van der Waals surface area contributed by atoms with Crippen molar-refractivity contribution < 1.29 is 62.6 Å². The quantitative estimate of drug-likeness (QED) is 0.0272. The summed E-state index contributed by atoms with van der Waals surface area (Å²) in [5.41, 5.74) is 34.1. The summed E-state index contributed by atoms with van der Waals surface area (Å²) >= 11 is 0. The molecule has 12 atom stereocenters. The van der Waals surface area contributed by atoms with Crippen LogP contribution in [-0.4, -0.2) is 156 Å². The van der Waals surface area contributed by atoms with Crippen LogP contribution in [0.4, 0.5) is 0 Å². The number of carboxylic acids is 1. The average molecular weight is 1150 g/mol. The minimum absolute atomic E-state index is 0.0322. The van der Waals surface area contributed by atoms with Crippen LogP contribution in [0.15, 0.2) is 0 Å². The second kappa shape index (κ2) is 39.8. The highest BCUT2D eigenvalue weighted by Crippen LogP contribution is 2.16. The number of rotatable bonds is 43. The first-order valence-electron chi connectivity index (χ1n) is 28.4. The molecule has 81 heavy (non-hydrogen) atoms. The smallest absolute Gasteiger partial charge is 0.325 e. The molecule has 28 nitrogen and oxygen atoms in total. The Morgan fingerprint density at radius 3 is 1.19 bits per heavy atom. The zero-order chi connectivity index (χ0) is 62.1. The van der Waals surface area contributed by atoms with Crippen LogP contribution < -0.4 is 82.3 Å². The first-order valence-corrected chi connectivity index (χ1v) is 28.4. The lowest BCUT2D eigenvalue weighted by Crippen LogP contribution is -2.62. The number of unbranched alkanes of at least 4 members (excludes halogenated alkanes) is 3. The van der Waals surface area contributed by atoms with E-state index >= 15 is 0 Å². The van der Waals surface area contributed by atoms with Crippen molar-refractivity contribution in [3.63, 3.8) is 0 Å². The molecule has 0 rings (SSSR count). The van der Waals surface area contributed by atoms with E-state index in [1.54, 1.807) is 55.4 Å². The van der Waals surface area contributed by atoms with Gasteiger partial charge in [0.25, 0.3) is 0 Å². The second-order valence-corrected chi connectivity index (χ2v) is 21.6. The summed E-state index contributed by atoms with van der Waals surface area (Å²) in [6.45, 7) is 15.8. The van der Waals surface area contributed by atoms with Crippen molar-refractivity contribution in [3.05, 3.63) is 0 Å². The molecule has 0 saturated heterocycles. The Kier molecular flexibility index (Phi) is 36.6. The van der Waals surface area contributed by atoms with Crippen LogP contribution in [-0.2, 0) is 57.5 Å². The van der Waals surface area contributed by atoms with Gasteiger partial charge in [-0.25, -0.2) is 0 Å². The van der Waals surface area contributed by atoms with Gasteiger partial charge in [0.05, 0.1) is 12.5 Å². The number of nitrogens with two attached hydrogens (primary N) is 6. The summed E-state index contributed by atoms with van der Waals surface area (Å²) in [7, 11) is 0. The van der Waals surface area contributed by atoms with Crippen molar-refractivity contribution in [2.45, 2.75) is 219 Å². The molecule has 0 aromatic carbocycles. The molecule has 0 aliphatic rings. The maximum atomic E-state index is 14.4. The van der Waals surface area contributed by atoms with E-state index in [1.807, 2.05) is 0 Å². The maximum absolute atomic E-state index is 14.4. The molecule has 0 heterocycles. The van der Waals surface area contributed by atoms with E-state index in [1.165, 1.54) is 6.92 Å². The molecule has 0 fully saturated rings. The Balaban J connectivity index is 6.89. The van der Waals surface area contributed by atoms with Gasteiger partial charge in [0.15, 0.2) is 0 Å². The number of hydrogen-bond acceptors (Lipinski definition) is 16. The van der Waals surface area contributed by atoms with Crippen LogP contribution in [0.3, 0.4) is 0 Å². The summed E-state index contributed by atoms with van der Waals surface area (Å²) in [5.74, 6) is -12.5. The number of amides is 11. The Bertz CT molecular complexity index is 2060. The Morgan fingerprint density at radius 1 is 0.407 bits per heavy atom. The fourth-order valence-electron chi connectivity index (χ4n) is 8.24. The number of carbonyl (C=O) groups excluding carboxylic acids is 11. The zero-order valence-electron chi connectivity index (χ0n) is 49.1. The van der Waals surface area contributed by atoms with Gasteiger partial charge in [0, 0.05) is 6.42 Å². The molecular weight excluding hydrogens is 1050 g/mol. The minimum atomic E-state index is -1.72. The summed E-state index contributed by atoms with van der Waals surface area (Å²) < 4.78 is 0. The molecule has 0 aliphatic heterocycles. The molecule has 0 saturated carbocycles.